The van der Waals surface area contributed by atoms with Crippen LogP contribution in [0.2, 0.25) is 5.02 Å². The molecular formula is C13H14ClNO2S. The quantitative estimate of drug-likeness (QED) is 0.885. The molecule has 0 saturated carbocycles. The Labute approximate surface area is 115 Å². The third-order valence-electron chi connectivity index (χ3n) is 3.05. The molecule has 0 spiro atoms. The lowest BCUT2D eigenvalue weighted by Gasteiger charge is -2.29. The van der Waals surface area contributed by atoms with E-state index in [4.69, 9.17) is 11.6 Å². The minimum absolute atomic E-state index is 0.151. The summed E-state index contributed by atoms with van der Waals surface area (Å²) in [6, 6.07) is 7.23. The lowest BCUT2D eigenvalue weighted by molar-refractivity contribution is 0.115. The van der Waals surface area contributed by atoms with Gasteiger partial charge in [0, 0.05) is 22.2 Å². The Kier molecular flexibility index (Phi) is 4.35. The highest BCUT2D eigenvalue weighted by atomic mass is 35.5. The van der Waals surface area contributed by atoms with Crippen molar-refractivity contribution in [1.29, 1.82) is 0 Å². The summed E-state index contributed by atoms with van der Waals surface area (Å²) >= 11 is 7.47. The van der Waals surface area contributed by atoms with Gasteiger partial charge in [-0.15, -0.1) is 11.3 Å². The molecule has 0 radical (unpaired) electrons. The summed E-state index contributed by atoms with van der Waals surface area (Å²) in [5.41, 5.74) is 2.70. The molecule has 1 heterocycles. The number of halogens is 1. The van der Waals surface area contributed by atoms with E-state index < -0.39 is 5.41 Å². The Hall–Kier alpha value is -0.940. The van der Waals surface area contributed by atoms with Crippen LogP contribution < -0.4 is 0 Å². The molecule has 0 saturated heterocycles. The van der Waals surface area contributed by atoms with Crippen LogP contribution in [0.15, 0.2) is 35.2 Å². The summed E-state index contributed by atoms with van der Waals surface area (Å²) in [4.78, 5) is 4.21. The van der Waals surface area contributed by atoms with Crippen LogP contribution in [0.4, 0.5) is 0 Å². The molecule has 1 aromatic heterocycles. The molecule has 0 bridgehead atoms. The molecule has 0 fully saturated rings. The standard InChI is InChI=1S/C13H14ClNO2S/c14-11-3-1-2-10(4-11)13(7-16,8-17)5-12-6-18-9-15-12/h1-4,6,9,16-17H,5,7-8H2. The Morgan fingerprint density at radius 2 is 2.06 bits per heavy atom. The van der Waals surface area contributed by atoms with E-state index in [0.29, 0.717) is 11.4 Å². The fourth-order valence-corrected chi connectivity index (χ4v) is 2.69. The SMILES string of the molecule is OCC(CO)(Cc1cscn1)c1cccc(Cl)c1. The normalized spacial score (nSPS) is 11.7. The van der Waals surface area contributed by atoms with E-state index >= 15 is 0 Å². The van der Waals surface area contributed by atoms with E-state index in [9.17, 15) is 10.2 Å². The number of benzene rings is 1. The van der Waals surface area contributed by atoms with Gasteiger partial charge in [0.05, 0.1) is 24.4 Å². The number of nitrogens with zero attached hydrogens (tertiary/aromatic N) is 1. The summed E-state index contributed by atoms with van der Waals surface area (Å²) in [5.74, 6) is 0. The lowest BCUT2D eigenvalue weighted by Crippen LogP contribution is -2.37. The Bertz CT molecular complexity index is 497. The molecule has 2 aromatic rings. The van der Waals surface area contributed by atoms with Crippen LogP contribution in [0.3, 0.4) is 0 Å². The highest BCUT2D eigenvalue weighted by molar-refractivity contribution is 7.07. The van der Waals surface area contributed by atoms with Gasteiger partial charge in [0.2, 0.25) is 0 Å². The van der Waals surface area contributed by atoms with Crippen LogP contribution >= 0.6 is 22.9 Å². The molecule has 0 atom stereocenters. The molecule has 5 heteroatoms. The van der Waals surface area contributed by atoms with E-state index in [-0.39, 0.29) is 13.2 Å². The first-order valence-electron chi connectivity index (χ1n) is 5.55. The van der Waals surface area contributed by atoms with Gasteiger partial charge in [0.1, 0.15) is 0 Å². The molecule has 96 valence electrons. The maximum absolute atomic E-state index is 9.69. The smallest absolute Gasteiger partial charge is 0.0794 e. The third kappa shape index (κ3) is 2.72. The maximum atomic E-state index is 9.69. The minimum atomic E-state index is -0.737. The number of aromatic nitrogens is 1. The van der Waals surface area contributed by atoms with E-state index in [2.05, 4.69) is 4.98 Å². The Morgan fingerprint density at radius 1 is 1.28 bits per heavy atom. The van der Waals surface area contributed by atoms with Crippen LogP contribution in [0, 0.1) is 0 Å². The zero-order chi connectivity index (χ0) is 13.0. The summed E-state index contributed by atoms with van der Waals surface area (Å²) in [6.07, 6.45) is 0.490. The minimum Gasteiger partial charge on any atom is -0.395 e. The first-order chi connectivity index (χ1) is 8.70. The average molecular weight is 284 g/mol. The number of thiazole rings is 1. The lowest BCUT2D eigenvalue weighted by atomic mass is 9.78. The molecule has 0 amide bonds. The Morgan fingerprint density at radius 3 is 2.61 bits per heavy atom. The third-order valence-corrected chi connectivity index (χ3v) is 3.92. The monoisotopic (exact) mass is 283 g/mol. The summed E-state index contributed by atoms with van der Waals surface area (Å²) in [5, 5.41) is 21.9. The predicted molar refractivity (Wildman–Crippen MR) is 73.1 cm³/mol. The van der Waals surface area contributed by atoms with Crippen molar-refractivity contribution in [3.8, 4) is 0 Å². The van der Waals surface area contributed by atoms with Gasteiger partial charge in [0.15, 0.2) is 0 Å². The summed E-state index contributed by atoms with van der Waals surface area (Å²) in [7, 11) is 0. The Balaban J connectivity index is 2.37. The predicted octanol–water partition coefficient (Wildman–Crippen LogP) is 2.26. The molecule has 2 rings (SSSR count). The van der Waals surface area contributed by atoms with Crippen molar-refractivity contribution in [3.63, 3.8) is 0 Å². The summed E-state index contributed by atoms with van der Waals surface area (Å²) in [6.45, 7) is -0.303. The second-order valence-electron chi connectivity index (χ2n) is 4.26. The van der Waals surface area contributed by atoms with E-state index in [0.717, 1.165) is 11.3 Å². The molecule has 3 nitrogen and oxygen atoms in total. The van der Waals surface area contributed by atoms with Crippen molar-refractivity contribution in [2.24, 2.45) is 0 Å². The molecule has 0 aliphatic rings. The average Bonchev–Trinajstić information content (AvgIpc) is 2.89. The van der Waals surface area contributed by atoms with Crippen LogP contribution in [0.25, 0.3) is 0 Å². The van der Waals surface area contributed by atoms with Crippen molar-refractivity contribution in [2.45, 2.75) is 11.8 Å². The fourth-order valence-electron chi connectivity index (χ4n) is 1.94. The number of rotatable bonds is 5. The number of aliphatic hydroxyl groups excluding tert-OH is 2. The number of aliphatic hydroxyl groups is 2. The van der Waals surface area contributed by atoms with Gasteiger partial charge >= 0.3 is 0 Å². The van der Waals surface area contributed by atoms with Gasteiger partial charge in [-0.2, -0.15) is 0 Å². The first-order valence-corrected chi connectivity index (χ1v) is 6.87. The molecule has 18 heavy (non-hydrogen) atoms. The fraction of sp³-hybridized carbons (Fsp3) is 0.308. The molecule has 0 aliphatic carbocycles. The second-order valence-corrected chi connectivity index (χ2v) is 5.42. The zero-order valence-electron chi connectivity index (χ0n) is 9.71. The largest absolute Gasteiger partial charge is 0.395 e. The van der Waals surface area contributed by atoms with Gasteiger partial charge in [-0.05, 0) is 17.7 Å². The van der Waals surface area contributed by atoms with Crippen LogP contribution in [-0.4, -0.2) is 28.4 Å². The molecular weight excluding hydrogens is 270 g/mol. The van der Waals surface area contributed by atoms with Gasteiger partial charge in [-0.3, -0.25) is 0 Å². The summed E-state index contributed by atoms with van der Waals surface area (Å²) < 4.78 is 0. The number of hydrogen-bond donors (Lipinski definition) is 2. The van der Waals surface area contributed by atoms with Gasteiger partial charge in [-0.1, -0.05) is 23.7 Å². The van der Waals surface area contributed by atoms with Gasteiger partial charge in [-0.25, -0.2) is 4.98 Å². The molecule has 0 aliphatic heterocycles. The second kappa shape index (κ2) is 5.80. The van der Waals surface area contributed by atoms with E-state index in [1.807, 2.05) is 17.5 Å². The van der Waals surface area contributed by atoms with Crippen LogP contribution in [-0.2, 0) is 11.8 Å². The highest BCUT2D eigenvalue weighted by Crippen LogP contribution is 2.29. The van der Waals surface area contributed by atoms with Crippen molar-refractivity contribution < 1.29 is 10.2 Å². The topological polar surface area (TPSA) is 53.4 Å². The van der Waals surface area contributed by atoms with Gasteiger partial charge in [0.25, 0.3) is 0 Å². The molecule has 0 unspecified atom stereocenters. The molecule has 1 aromatic carbocycles. The van der Waals surface area contributed by atoms with E-state index in [1.165, 1.54) is 11.3 Å². The van der Waals surface area contributed by atoms with E-state index in [1.54, 1.807) is 17.6 Å². The van der Waals surface area contributed by atoms with Crippen molar-refractivity contribution in [1.82, 2.24) is 4.98 Å². The van der Waals surface area contributed by atoms with Crippen molar-refractivity contribution >= 4 is 22.9 Å². The van der Waals surface area contributed by atoms with Crippen molar-refractivity contribution in [3.05, 3.63) is 51.4 Å². The molecule has 2 N–H and O–H groups in total. The van der Waals surface area contributed by atoms with Gasteiger partial charge < -0.3 is 10.2 Å². The number of hydrogen-bond acceptors (Lipinski definition) is 4. The van der Waals surface area contributed by atoms with Crippen LogP contribution in [0.1, 0.15) is 11.3 Å². The maximum Gasteiger partial charge on any atom is 0.0794 e. The zero-order valence-corrected chi connectivity index (χ0v) is 11.3. The first kappa shape index (κ1) is 13.5. The van der Waals surface area contributed by atoms with Crippen LogP contribution in [0.5, 0.6) is 0 Å². The highest BCUT2D eigenvalue weighted by Gasteiger charge is 2.32. The van der Waals surface area contributed by atoms with Crippen molar-refractivity contribution in [2.75, 3.05) is 13.2 Å².